The van der Waals surface area contributed by atoms with Gasteiger partial charge < -0.3 is 10.6 Å². The second kappa shape index (κ2) is 7.93. The summed E-state index contributed by atoms with van der Waals surface area (Å²) < 4.78 is 0. The molecule has 0 aliphatic carbocycles. The number of hydrogen-bond acceptors (Lipinski definition) is 5. The Morgan fingerprint density at radius 2 is 1.81 bits per heavy atom. The van der Waals surface area contributed by atoms with Crippen LogP contribution >= 0.6 is 0 Å². The van der Waals surface area contributed by atoms with E-state index in [1.54, 1.807) is 54.6 Å². The molecule has 132 valence electrons. The van der Waals surface area contributed by atoms with Crippen LogP contribution in [0.4, 0.5) is 17.1 Å². The van der Waals surface area contributed by atoms with E-state index in [0.717, 1.165) is 5.69 Å². The monoisotopic (exact) mass is 356 g/mol. The van der Waals surface area contributed by atoms with E-state index in [-0.39, 0.29) is 11.5 Å². The van der Waals surface area contributed by atoms with Crippen LogP contribution in [0.5, 0.6) is 0 Å². The molecule has 0 aliphatic rings. The van der Waals surface area contributed by atoms with Crippen molar-refractivity contribution in [3.05, 3.63) is 83.7 Å². The zero-order chi connectivity index (χ0) is 19.2. The standard InChI is InChI=1S/C21H16N4O2/c1-14(26)15-6-4-7-17(11-15)24-18-9-10-20(23-13-18)21(27)25-19-8-3-2-5-16(19)12-22/h2-11,13,24H,1H3,(H,25,27). The highest BCUT2D eigenvalue weighted by Gasteiger charge is 2.10. The highest BCUT2D eigenvalue weighted by atomic mass is 16.2. The molecule has 6 nitrogen and oxygen atoms in total. The van der Waals surface area contributed by atoms with Gasteiger partial charge in [0.15, 0.2) is 5.78 Å². The SMILES string of the molecule is CC(=O)c1cccc(Nc2ccc(C(=O)Nc3ccccc3C#N)nc2)c1. The van der Waals surface area contributed by atoms with Crippen molar-refractivity contribution in [3.8, 4) is 6.07 Å². The maximum Gasteiger partial charge on any atom is 0.274 e. The first kappa shape index (κ1) is 17.8. The van der Waals surface area contributed by atoms with Gasteiger partial charge in [0.05, 0.1) is 23.1 Å². The molecule has 0 aliphatic heterocycles. The summed E-state index contributed by atoms with van der Waals surface area (Å²) in [6.45, 7) is 1.51. The van der Waals surface area contributed by atoms with Crippen LogP contribution in [-0.4, -0.2) is 16.7 Å². The molecule has 3 rings (SSSR count). The fourth-order valence-electron chi connectivity index (χ4n) is 2.46. The summed E-state index contributed by atoms with van der Waals surface area (Å²) in [6.07, 6.45) is 1.53. The van der Waals surface area contributed by atoms with Gasteiger partial charge in [-0.2, -0.15) is 5.26 Å². The number of Topliss-reactive ketones (excluding diaryl/α,β-unsaturated/α-hetero) is 1. The van der Waals surface area contributed by atoms with Gasteiger partial charge in [0.2, 0.25) is 0 Å². The molecular weight excluding hydrogens is 340 g/mol. The number of benzene rings is 2. The average molecular weight is 356 g/mol. The third-order valence-corrected chi connectivity index (χ3v) is 3.85. The molecule has 0 saturated heterocycles. The molecule has 0 bridgehead atoms. The van der Waals surface area contributed by atoms with Gasteiger partial charge in [-0.15, -0.1) is 0 Å². The summed E-state index contributed by atoms with van der Waals surface area (Å²) in [6, 6.07) is 19.2. The molecule has 3 aromatic rings. The third kappa shape index (κ3) is 4.35. The lowest BCUT2D eigenvalue weighted by Gasteiger charge is -2.09. The van der Waals surface area contributed by atoms with Crippen LogP contribution in [-0.2, 0) is 0 Å². The highest BCUT2D eigenvalue weighted by molar-refractivity contribution is 6.03. The van der Waals surface area contributed by atoms with Crippen LogP contribution in [0.15, 0.2) is 66.9 Å². The fourth-order valence-corrected chi connectivity index (χ4v) is 2.46. The molecule has 2 N–H and O–H groups in total. The number of para-hydroxylation sites is 1. The molecule has 0 unspecified atom stereocenters. The summed E-state index contributed by atoms with van der Waals surface area (Å²) in [5.41, 5.74) is 3.10. The number of pyridine rings is 1. The summed E-state index contributed by atoms with van der Waals surface area (Å²) in [5.74, 6) is -0.413. The van der Waals surface area contributed by atoms with Crippen molar-refractivity contribution in [1.29, 1.82) is 5.26 Å². The van der Waals surface area contributed by atoms with Crippen molar-refractivity contribution < 1.29 is 9.59 Å². The topological polar surface area (TPSA) is 94.9 Å². The first-order valence-electron chi connectivity index (χ1n) is 8.21. The van der Waals surface area contributed by atoms with Gasteiger partial charge in [-0.1, -0.05) is 24.3 Å². The van der Waals surface area contributed by atoms with Crippen molar-refractivity contribution in [2.45, 2.75) is 6.92 Å². The fraction of sp³-hybridized carbons (Fsp3) is 0.0476. The van der Waals surface area contributed by atoms with E-state index < -0.39 is 5.91 Å². The van der Waals surface area contributed by atoms with Crippen LogP contribution in [0, 0.1) is 11.3 Å². The first-order chi connectivity index (χ1) is 13.1. The predicted octanol–water partition coefficient (Wildman–Crippen LogP) is 4.15. The number of nitrogens with one attached hydrogen (secondary N) is 2. The van der Waals surface area contributed by atoms with Crippen LogP contribution in [0.2, 0.25) is 0 Å². The summed E-state index contributed by atoms with van der Waals surface area (Å²) in [7, 11) is 0. The number of rotatable bonds is 5. The maximum absolute atomic E-state index is 12.3. The van der Waals surface area contributed by atoms with Crippen molar-refractivity contribution in [2.75, 3.05) is 10.6 Å². The van der Waals surface area contributed by atoms with E-state index in [2.05, 4.69) is 15.6 Å². The third-order valence-electron chi connectivity index (χ3n) is 3.85. The molecule has 1 heterocycles. The maximum atomic E-state index is 12.3. The number of carbonyl (C=O) groups is 2. The van der Waals surface area contributed by atoms with Gasteiger partial charge in [0.1, 0.15) is 11.8 Å². The minimum atomic E-state index is -0.400. The van der Waals surface area contributed by atoms with Gasteiger partial charge in [-0.05, 0) is 43.3 Å². The number of anilines is 3. The Labute approximate surface area is 156 Å². The van der Waals surface area contributed by atoms with Crippen LogP contribution < -0.4 is 10.6 Å². The molecular formula is C21H16N4O2. The zero-order valence-corrected chi connectivity index (χ0v) is 14.6. The van der Waals surface area contributed by atoms with Crippen molar-refractivity contribution in [1.82, 2.24) is 4.98 Å². The van der Waals surface area contributed by atoms with Crippen molar-refractivity contribution in [3.63, 3.8) is 0 Å². The number of ketones is 1. The van der Waals surface area contributed by atoms with Gasteiger partial charge in [-0.25, -0.2) is 4.98 Å². The van der Waals surface area contributed by atoms with Gasteiger partial charge in [-0.3, -0.25) is 9.59 Å². The number of aromatic nitrogens is 1. The Balaban J connectivity index is 1.71. The summed E-state index contributed by atoms with van der Waals surface area (Å²) in [4.78, 5) is 28.0. The molecule has 1 amide bonds. The van der Waals surface area contributed by atoms with E-state index in [0.29, 0.717) is 22.5 Å². The number of carbonyl (C=O) groups excluding carboxylic acids is 2. The highest BCUT2D eigenvalue weighted by Crippen LogP contribution is 2.19. The molecule has 0 atom stereocenters. The van der Waals surface area contributed by atoms with Crippen LogP contribution in [0.3, 0.4) is 0 Å². The first-order valence-corrected chi connectivity index (χ1v) is 8.21. The lowest BCUT2D eigenvalue weighted by atomic mass is 10.1. The Morgan fingerprint density at radius 1 is 1.00 bits per heavy atom. The molecule has 0 spiro atoms. The molecule has 0 saturated carbocycles. The molecule has 0 fully saturated rings. The van der Waals surface area contributed by atoms with Crippen LogP contribution in [0.1, 0.15) is 33.3 Å². The largest absolute Gasteiger partial charge is 0.354 e. The van der Waals surface area contributed by atoms with E-state index in [4.69, 9.17) is 5.26 Å². The average Bonchev–Trinajstić information content (AvgIpc) is 2.69. The van der Waals surface area contributed by atoms with Gasteiger partial charge in [0, 0.05) is 11.3 Å². The van der Waals surface area contributed by atoms with Crippen molar-refractivity contribution >= 4 is 28.8 Å². The minimum absolute atomic E-state index is 0.0126. The Morgan fingerprint density at radius 3 is 2.52 bits per heavy atom. The predicted molar refractivity (Wildman–Crippen MR) is 103 cm³/mol. The molecule has 27 heavy (non-hydrogen) atoms. The molecule has 1 aromatic heterocycles. The second-order valence-corrected chi connectivity index (χ2v) is 5.81. The van der Waals surface area contributed by atoms with Crippen LogP contribution in [0.25, 0.3) is 0 Å². The van der Waals surface area contributed by atoms with E-state index in [1.807, 2.05) is 12.1 Å². The minimum Gasteiger partial charge on any atom is -0.354 e. The summed E-state index contributed by atoms with van der Waals surface area (Å²) >= 11 is 0. The number of nitrogens with zero attached hydrogens (tertiary/aromatic N) is 2. The number of nitriles is 1. The lowest BCUT2D eigenvalue weighted by Crippen LogP contribution is -2.14. The molecule has 6 heteroatoms. The normalized spacial score (nSPS) is 9.93. The molecule has 2 aromatic carbocycles. The Hall–Kier alpha value is -3.98. The summed E-state index contributed by atoms with van der Waals surface area (Å²) in [5, 5.41) is 14.9. The Bertz CT molecular complexity index is 1040. The second-order valence-electron chi connectivity index (χ2n) is 5.81. The molecule has 0 radical (unpaired) electrons. The van der Waals surface area contributed by atoms with E-state index >= 15 is 0 Å². The Kier molecular flexibility index (Phi) is 5.24. The number of hydrogen-bond donors (Lipinski definition) is 2. The smallest absolute Gasteiger partial charge is 0.274 e. The zero-order valence-electron chi connectivity index (χ0n) is 14.6. The van der Waals surface area contributed by atoms with Gasteiger partial charge >= 0.3 is 0 Å². The van der Waals surface area contributed by atoms with E-state index in [1.165, 1.54) is 13.1 Å². The quantitative estimate of drug-likeness (QED) is 0.670. The lowest BCUT2D eigenvalue weighted by molar-refractivity contribution is 0.101. The van der Waals surface area contributed by atoms with Crippen molar-refractivity contribution in [2.24, 2.45) is 0 Å². The van der Waals surface area contributed by atoms with E-state index in [9.17, 15) is 9.59 Å². The number of amides is 1. The van der Waals surface area contributed by atoms with Gasteiger partial charge in [0.25, 0.3) is 5.91 Å².